The van der Waals surface area contributed by atoms with Crippen LogP contribution in [-0.4, -0.2) is 87.6 Å². The Hall–Kier alpha value is -3.95. The Kier molecular flexibility index (Phi) is 13.2. The van der Waals surface area contributed by atoms with E-state index in [1.807, 2.05) is 5.32 Å². The van der Waals surface area contributed by atoms with Crippen LogP contribution in [0.3, 0.4) is 0 Å². The number of hydrogen-bond acceptors (Lipinski definition) is 8. The molecule has 34 heavy (non-hydrogen) atoms. The SMILES string of the molecule is CC(N)C(=O)NC(CCC(=O)O)C(=O)NC(CCCN=C(N)N)C(=O)NC(CC(=O)O)C(=O)O. The fourth-order valence-electron chi connectivity index (χ4n) is 2.53. The second-order valence-corrected chi connectivity index (χ2v) is 7.29. The molecule has 16 heteroatoms. The highest BCUT2D eigenvalue weighted by Crippen LogP contribution is 2.05. The molecule has 0 bridgehead atoms. The summed E-state index contributed by atoms with van der Waals surface area (Å²) < 4.78 is 0. The third-order valence-corrected chi connectivity index (χ3v) is 4.27. The predicted molar refractivity (Wildman–Crippen MR) is 116 cm³/mol. The monoisotopic (exact) mass is 489 g/mol. The Morgan fingerprint density at radius 3 is 1.74 bits per heavy atom. The summed E-state index contributed by atoms with van der Waals surface area (Å²) in [5, 5.41) is 33.5. The molecular weight excluding hydrogens is 458 g/mol. The van der Waals surface area contributed by atoms with Crippen molar-refractivity contribution in [1.82, 2.24) is 16.0 Å². The largest absolute Gasteiger partial charge is 0.481 e. The zero-order valence-corrected chi connectivity index (χ0v) is 18.5. The molecule has 192 valence electrons. The van der Waals surface area contributed by atoms with E-state index < -0.39 is 72.6 Å². The van der Waals surface area contributed by atoms with E-state index >= 15 is 0 Å². The van der Waals surface area contributed by atoms with Gasteiger partial charge in [-0.25, -0.2) is 4.79 Å². The van der Waals surface area contributed by atoms with Crippen LogP contribution in [0.25, 0.3) is 0 Å². The summed E-state index contributed by atoms with van der Waals surface area (Å²) in [5.41, 5.74) is 15.9. The topological polar surface area (TPSA) is 290 Å². The maximum atomic E-state index is 12.7. The molecule has 16 nitrogen and oxygen atoms in total. The van der Waals surface area contributed by atoms with Gasteiger partial charge < -0.3 is 48.5 Å². The molecule has 0 radical (unpaired) electrons. The molecule has 0 saturated heterocycles. The molecule has 0 aromatic carbocycles. The van der Waals surface area contributed by atoms with Crippen LogP contribution in [0.1, 0.15) is 39.0 Å². The lowest BCUT2D eigenvalue weighted by molar-refractivity contribution is -0.147. The van der Waals surface area contributed by atoms with Crippen molar-refractivity contribution in [2.75, 3.05) is 6.54 Å². The van der Waals surface area contributed by atoms with Crippen molar-refractivity contribution in [3.63, 3.8) is 0 Å². The third-order valence-electron chi connectivity index (χ3n) is 4.27. The van der Waals surface area contributed by atoms with Gasteiger partial charge in [0.05, 0.1) is 12.5 Å². The highest BCUT2D eigenvalue weighted by molar-refractivity contribution is 5.94. The van der Waals surface area contributed by atoms with Gasteiger partial charge in [-0.2, -0.15) is 0 Å². The molecule has 0 aliphatic rings. The van der Waals surface area contributed by atoms with Gasteiger partial charge in [-0.3, -0.25) is 29.0 Å². The number of nitrogens with two attached hydrogens (primary N) is 3. The van der Waals surface area contributed by atoms with Gasteiger partial charge in [-0.1, -0.05) is 0 Å². The van der Waals surface area contributed by atoms with Crippen LogP contribution in [-0.2, 0) is 28.8 Å². The second kappa shape index (κ2) is 15.0. The highest BCUT2D eigenvalue weighted by atomic mass is 16.4. The molecule has 0 rings (SSSR count). The quantitative estimate of drug-likeness (QED) is 0.0574. The number of carbonyl (C=O) groups is 6. The molecule has 0 saturated carbocycles. The van der Waals surface area contributed by atoms with Gasteiger partial charge in [-0.05, 0) is 26.2 Å². The van der Waals surface area contributed by atoms with E-state index in [2.05, 4.69) is 15.6 Å². The predicted octanol–water partition coefficient (Wildman–Crippen LogP) is -3.73. The van der Waals surface area contributed by atoms with Crippen LogP contribution in [0.15, 0.2) is 4.99 Å². The number of carboxylic acid groups (broad SMARTS) is 3. The first-order valence-electron chi connectivity index (χ1n) is 10.1. The molecule has 0 aromatic heterocycles. The molecule has 3 amide bonds. The van der Waals surface area contributed by atoms with E-state index in [0.29, 0.717) is 0 Å². The minimum absolute atomic E-state index is 0.0589. The van der Waals surface area contributed by atoms with E-state index in [-0.39, 0.29) is 31.8 Å². The van der Waals surface area contributed by atoms with Crippen LogP contribution in [0.4, 0.5) is 0 Å². The maximum Gasteiger partial charge on any atom is 0.326 e. The molecule has 0 aliphatic carbocycles. The summed E-state index contributed by atoms with van der Waals surface area (Å²) in [6.45, 7) is 1.40. The number of aliphatic carboxylic acids is 3. The first-order chi connectivity index (χ1) is 15.7. The molecule has 0 aliphatic heterocycles. The van der Waals surface area contributed by atoms with E-state index in [9.17, 15) is 28.8 Å². The number of hydrogen-bond donors (Lipinski definition) is 9. The van der Waals surface area contributed by atoms with Crippen molar-refractivity contribution in [3.05, 3.63) is 0 Å². The number of guanidine groups is 1. The molecule has 0 fully saturated rings. The lowest BCUT2D eigenvalue weighted by Crippen LogP contribution is -2.57. The van der Waals surface area contributed by atoms with Crippen molar-refractivity contribution < 1.29 is 44.1 Å². The van der Waals surface area contributed by atoms with Crippen LogP contribution in [0.5, 0.6) is 0 Å². The van der Waals surface area contributed by atoms with Crippen molar-refractivity contribution in [2.45, 2.75) is 63.2 Å². The molecule has 0 spiro atoms. The summed E-state index contributed by atoms with van der Waals surface area (Å²) in [4.78, 5) is 74.1. The van der Waals surface area contributed by atoms with E-state index in [0.717, 1.165) is 0 Å². The molecule has 0 aromatic rings. The smallest absolute Gasteiger partial charge is 0.326 e. The first kappa shape index (κ1) is 30.1. The number of amides is 3. The van der Waals surface area contributed by atoms with Crippen molar-refractivity contribution in [3.8, 4) is 0 Å². The Morgan fingerprint density at radius 2 is 1.29 bits per heavy atom. The van der Waals surface area contributed by atoms with Crippen LogP contribution >= 0.6 is 0 Å². The molecule has 12 N–H and O–H groups in total. The summed E-state index contributed by atoms with van der Waals surface area (Å²) >= 11 is 0. The lowest BCUT2D eigenvalue weighted by atomic mass is 10.1. The first-order valence-corrected chi connectivity index (χ1v) is 10.1. The fourth-order valence-corrected chi connectivity index (χ4v) is 2.53. The summed E-state index contributed by atoms with van der Waals surface area (Å²) in [6, 6.07) is -5.53. The van der Waals surface area contributed by atoms with Gasteiger partial charge in [0.15, 0.2) is 5.96 Å². The van der Waals surface area contributed by atoms with Crippen molar-refractivity contribution in [2.24, 2.45) is 22.2 Å². The number of carboxylic acids is 3. The second-order valence-electron chi connectivity index (χ2n) is 7.29. The molecule has 4 atom stereocenters. The summed E-state index contributed by atoms with van der Waals surface area (Å²) in [7, 11) is 0. The van der Waals surface area contributed by atoms with Gasteiger partial charge in [-0.15, -0.1) is 0 Å². The standard InChI is InChI=1S/C18H31N7O9/c1-8(19)14(30)23-10(4-5-12(26)27)16(32)24-9(3-2-6-22-18(20)21)15(31)25-11(17(33)34)7-13(28)29/h8-11H,2-7,19H2,1H3,(H,23,30)(H,24,32)(H,25,31)(H,26,27)(H,28,29)(H,33,34)(H4,20,21,22). The van der Waals surface area contributed by atoms with Gasteiger partial charge >= 0.3 is 17.9 Å². The van der Waals surface area contributed by atoms with E-state index in [1.54, 1.807) is 0 Å². The average molecular weight is 489 g/mol. The number of aliphatic imine (C=N–C) groups is 1. The zero-order chi connectivity index (χ0) is 26.4. The minimum Gasteiger partial charge on any atom is -0.481 e. The third kappa shape index (κ3) is 12.8. The summed E-state index contributed by atoms with van der Waals surface area (Å²) in [6.07, 6.45) is -1.67. The lowest BCUT2D eigenvalue weighted by Gasteiger charge is -2.24. The highest BCUT2D eigenvalue weighted by Gasteiger charge is 2.30. The van der Waals surface area contributed by atoms with E-state index in [4.69, 9.17) is 32.5 Å². The Balaban J connectivity index is 5.61. The summed E-state index contributed by atoms with van der Waals surface area (Å²) in [5.74, 6) is -7.23. The van der Waals surface area contributed by atoms with E-state index in [1.165, 1.54) is 6.92 Å². The molecule has 0 heterocycles. The molecular formula is C18H31N7O9. The minimum atomic E-state index is -1.78. The number of nitrogens with one attached hydrogen (secondary N) is 3. The molecule has 4 unspecified atom stereocenters. The van der Waals surface area contributed by atoms with Crippen LogP contribution < -0.4 is 33.2 Å². The Labute approximate surface area is 194 Å². The normalized spacial score (nSPS) is 13.9. The Morgan fingerprint density at radius 1 is 0.794 bits per heavy atom. The van der Waals surface area contributed by atoms with Gasteiger partial charge in [0.1, 0.15) is 18.1 Å². The Bertz CT molecular complexity index is 797. The number of nitrogens with zero attached hydrogens (tertiary/aromatic N) is 1. The van der Waals surface area contributed by atoms with Gasteiger partial charge in [0.2, 0.25) is 17.7 Å². The number of carbonyl (C=O) groups excluding carboxylic acids is 3. The number of rotatable bonds is 16. The van der Waals surface area contributed by atoms with Gasteiger partial charge in [0, 0.05) is 13.0 Å². The average Bonchev–Trinajstić information content (AvgIpc) is 2.71. The van der Waals surface area contributed by atoms with Gasteiger partial charge in [0.25, 0.3) is 0 Å². The van der Waals surface area contributed by atoms with Crippen molar-refractivity contribution >= 4 is 41.6 Å². The maximum absolute atomic E-state index is 12.7. The van der Waals surface area contributed by atoms with Crippen LogP contribution in [0, 0.1) is 0 Å². The fraction of sp³-hybridized carbons (Fsp3) is 0.611. The van der Waals surface area contributed by atoms with Crippen LogP contribution in [0.2, 0.25) is 0 Å². The zero-order valence-electron chi connectivity index (χ0n) is 18.5. The van der Waals surface area contributed by atoms with Crippen molar-refractivity contribution in [1.29, 1.82) is 0 Å².